The normalized spacial score (nSPS) is 21.1. The number of rotatable bonds is 17. The van der Waals surface area contributed by atoms with Gasteiger partial charge in [-0.05, 0) is 6.42 Å². The lowest BCUT2D eigenvalue weighted by atomic mass is 9.99. The number of fused-ring (bicyclic) bond motifs is 1. The second-order valence-electron chi connectivity index (χ2n) is 10.2. The van der Waals surface area contributed by atoms with Gasteiger partial charge in [0, 0.05) is 12.8 Å². The molecular formula is C28H42FN5O4. The van der Waals surface area contributed by atoms with Crippen molar-refractivity contribution in [3.63, 3.8) is 0 Å². The Morgan fingerprint density at radius 3 is 2.29 bits per heavy atom. The number of terminal acetylenes is 1. The van der Waals surface area contributed by atoms with Crippen molar-refractivity contribution in [3.05, 3.63) is 12.4 Å². The molecule has 38 heavy (non-hydrogen) atoms. The van der Waals surface area contributed by atoms with E-state index in [1.165, 1.54) is 75.1 Å². The number of ether oxygens (including phenoxy) is 1. The smallest absolute Gasteiger partial charge is 0.312 e. The van der Waals surface area contributed by atoms with Gasteiger partial charge in [-0.3, -0.25) is 9.36 Å². The third-order valence-electron chi connectivity index (χ3n) is 7.26. The number of hydrogen-bond acceptors (Lipinski definition) is 7. The van der Waals surface area contributed by atoms with Gasteiger partial charge in [0.1, 0.15) is 12.3 Å². The average molecular weight is 532 g/mol. The summed E-state index contributed by atoms with van der Waals surface area (Å²) in [4.78, 5) is 24.3. The van der Waals surface area contributed by atoms with E-state index in [1.54, 1.807) is 0 Å². The monoisotopic (exact) mass is 531 g/mol. The zero-order valence-electron chi connectivity index (χ0n) is 22.5. The minimum Gasteiger partial charge on any atom is -0.392 e. The van der Waals surface area contributed by atoms with Crippen molar-refractivity contribution in [1.29, 1.82) is 0 Å². The Kier molecular flexibility index (Phi) is 11.9. The van der Waals surface area contributed by atoms with Gasteiger partial charge in [0.2, 0.25) is 5.91 Å². The fourth-order valence-electron chi connectivity index (χ4n) is 4.93. The van der Waals surface area contributed by atoms with E-state index in [9.17, 15) is 19.4 Å². The number of hydrogen-bond donors (Lipinski definition) is 3. The molecule has 0 unspecified atom stereocenters. The van der Waals surface area contributed by atoms with E-state index >= 15 is 0 Å². The van der Waals surface area contributed by atoms with Gasteiger partial charge in [-0.2, -0.15) is 14.4 Å². The molecule has 0 aromatic carbocycles. The molecule has 3 atom stereocenters. The molecule has 2 aromatic rings. The topological polar surface area (TPSA) is 122 Å². The van der Waals surface area contributed by atoms with Crippen LogP contribution in [0.2, 0.25) is 0 Å². The van der Waals surface area contributed by atoms with Crippen LogP contribution in [0.15, 0.2) is 6.33 Å². The summed E-state index contributed by atoms with van der Waals surface area (Å²) in [5.74, 6) is 2.02. The molecule has 0 saturated carbocycles. The molecule has 1 aliphatic rings. The van der Waals surface area contributed by atoms with Crippen LogP contribution in [-0.4, -0.2) is 54.0 Å². The summed E-state index contributed by atoms with van der Waals surface area (Å²) in [5.41, 5.74) is -1.26. The molecule has 1 fully saturated rings. The van der Waals surface area contributed by atoms with Gasteiger partial charge in [0.25, 0.3) is 0 Å². The van der Waals surface area contributed by atoms with Gasteiger partial charge in [-0.25, -0.2) is 4.98 Å². The fraction of sp³-hybridized carbons (Fsp3) is 0.714. The third kappa shape index (κ3) is 7.95. The van der Waals surface area contributed by atoms with Crippen LogP contribution in [0.25, 0.3) is 11.2 Å². The van der Waals surface area contributed by atoms with Crippen molar-refractivity contribution in [2.75, 3.05) is 11.9 Å². The lowest BCUT2D eigenvalue weighted by Gasteiger charge is -2.23. The van der Waals surface area contributed by atoms with Crippen LogP contribution in [0.1, 0.15) is 109 Å². The number of carbonyl (C=O) groups is 1. The Balaban J connectivity index is 1.41. The first-order valence-electron chi connectivity index (χ1n) is 14.1. The van der Waals surface area contributed by atoms with E-state index in [0.717, 1.165) is 19.3 Å². The zero-order chi connectivity index (χ0) is 27.4. The second kappa shape index (κ2) is 15.1. The lowest BCUT2D eigenvalue weighted by Crippen LogP contribution is -2.41. The highest BCUT2D eigenvalue weighted by molar-refractivity contribution is 5.96. The highest BCUT2D eigenvalue weighted by Gasteiger charge is 2.47. The quantitative estimate of drug-likeness (QED) is 0.149. The zero-order valence-corrected chi connectivity index (χ0v) is 22.5. The molecule has 1 amide bonds. The first-order chi connectivity index (χ1) is 18.4. The molecule has 210 valence electrons. The number of anilines is 1. The highest BCUT2D eigenvalue weighted by Crippen LogP contribution is 2.37. The first kappa shape index (κ1) is 29.9. The van der Waals surface area contributed by atoms with Crippen molar-refractivity contribution in [1.82, 2.24) is 19.5 Å². The molecule has 3 N–H and O–H groups in total. The van der Waals surface area contributed by atoms with Crippen LogP contribution in [0, 0.1) is 18.4 Å². The van der Waals surface area contributed by atoms with Crippen molar-refractivity contribution in [2.45, 2.75) is 121 Å². The Morgan fingerprint density at radius 2 is 1.74 bits per heavy atom. The maximum Gasteiger partial charge on any atom is 0.312 e. The second-order valence-corrected chi connectivity index (χ2v) is 10.2. The summed E-state index contributed by atoms with van der Waals surface area (Å²) in [6.07, 6.45) is 20.1. The number of aromatic nitrogens is 4. The predicted octanol–water partition coefficient (Wildman–Crippen LogP) is 5.03. The molecular weight excluding hydrogens is 489 g/mol. The van der Waals surface area contributed by atoms with Crippen LogP contribution < -0.4 is 5.32 Å². The molecule has 9 nitrogen and oxygen atoms in total. The summed E-state index contributed by atoms with van der Waals surface area (Å²) in [6, 6.07) is 0. The Bertz CT molecular complexity index is 1070. The minimum absolute atomic E-state index is 0.0186. The Labute approximate surface area is 224 Å². The maximum absolute atomic E-state index is 14.2. The van der Waals surface area contributed by atoms with Crippen LogP contribution >= 0.6 is 0 Å². The molecule has 0 radical (unpaired) electrons. The largest absolute Gasteiger partial charge is 0.392 e. The van der Waals surface area contributed by atoms with Crippen molar-refractivity contribution in [3.8, 4) is 12.3 Å². The summed E-state index contributed by atoms with van der Waals surface area (Å²) in [6.45, 7) is 1.67. The molecule has 0 bridgehead atoms. The lowest BCUT2D eigenvalue weighted by molar-refractivity contribution is -0.116. The van der Waals surface area contributed by atoms with E-state index in [4.69, 9.17) is 11.2 Å². The number of halogens is 1. The first-order valence-corrected chi connectivity index (χ1v) is 14.1. The number of aliphatic hydroxyl groups is 2. The predicted molar refractivity (Wildman–Crippen MR) is 144 cm³/mol. The SMILES string of the molecule is C#C[C@]1(CO)O[C@@H](n2cnc3c(NC(=O)CCCCCCCCCCCCCCC)nc(F)nc32)C[C@@H]1O. The summed E-state index contributed by atoms with van der Waals surface area (Å²) in [5, 5.41) is 22.6. The third-order valence-corrected chi connectivity index (χ3v) is 7.26. The van der Waals surface area contributed by atoms with Crippen molar-refractivity contribution < 1.29 is 24.1 Å². The van der Waals surface area contributed by atoms with Crippen LogP contribution in [-0.2, 0) is 9.53 Å². The van der Waals surface area contributed by atoms with Gasteiger partial charge in [-0.15, -0.1) is 6.42 Å². The highest BCUT2D eigenvalue weighted by atomic mass is 19.1. The van der Waals surface area contributed by atoms with Gasteiger partial charge in [0.05, 0.1) is 12.9 Å². The van der Waals surface area contributed by atoms with Crippen LogP contribution in [0.3, 0.4) is 0 Å². The number of aliphatic hydroxyl groups excluding tert-OH is 2. The van der Waals surface area contributed by atoms with E-state index in [1.807, 2.05) is 0 Å². The molecule has 3 heterocycles. The molecule has 1 saturated heterocycles. The molecule has 10 heteroatoms. The number of unbranched alkanes of at least 4 members (excludes halogenated alkanes) is 12. The van der Waals surface area contributed by atoms with Gasteiger partial charge in [0.15, 0.2) is 22.6 Å². The number of carbonyl (C=O) groups excluding carboxylic acids is 1. The van der Waals surface area contributed by atoms with E-state index < -0.39 is 30.6 Å². The van der Waals surface area contributed by atoms with Gasteiger partial charge in [-0.1, -0.05) is 89.9 Å². The molecule has 1 aliphatic heterocycles. The average Bonchev–Trinajstić information content (AvgIpc) is 3.47. The summed E-state index contributed by atoms with van der Waals surface area (Å²) >= 11 is 0. The molecule has 0 spiro atoms. The summed E-state index contributed by atoms with van der Waals surface area (Å²) < 4.78 is 21.4. The maximum atomic E-state index is 14.2. The Hall–Kier alpha value is -2.61. The summed E-state index contributed by atoms with van der Waals surface area (Å²) in [7, 11) is 0. The molecule has 2 aromatic heterocycles. The molecule has 3 rings (SSSR count). The van der Waals surface area contributed by atoms with Gasteiger partial charge < -0.3 is 20.3 Å². The number of imidazole rings is 1. The van der Waals surface area contributed by atoms with Crippen LogP contribution in [0.4, 0.5) is 10.2 Å². The minimum atomic E-state index is -1.56. The van der Waals surface area contributed by atoms with E-state index in [-0.39, 0.29) is 29.3 Å². The number of nitrogens with zero attached hydrogens (tertiary/aromatic N) is 4. The number of nitrogens with one attached hydrogen (secondary N) is 1. The van der Waals surface area contributed by atoms with Gasteiger partial charge >= 0.3 is 6.08 Å². The molecule has 0 aliphatic carbocycles. The number of amides is 1. The van der Waals surface area contributed by atoms with E-state index in [0.29, 0.717) is 6.42 Å². The van der Waals surface area contributed by atoms with Crippen molar-refractivity contribution >= 4 is 22.9 Å². The van der Waals surface area contributed by atoms with E-state index in [2.05, 4.69) is 33.1 Å². The standard InChI is InChI=1S/C28H42FN5O4/c1-3-5-6-7-8-9-10-11-12-13-14-15-16-17-22(37)31-25-24-26(33-27(29)32-25)34(20-30-24)23-18-21(36)28(4-2,19-35)38-23/h2,20-21,23,35-36H,3,5-19H2,1H3,(H,31,32,33,37)/t21-,23+,28+/m0/s1. The van der Waals surface area contributed by atoms with Crippen molar-refractivity contribution in [2.24, 2.45) is 0 Å². The fourth-order valence-corrected chi connectivity index (χ4v) is 4.93. The van der Waals surface area contributed by atoms with Crippen LogP contribution in [0.5, 0.6) is 0 Å². The Morgan fingerprint density at radius 1 is 1.13 bits per heavy atom.